The van der Waals surface area contributed by atoms with Gasteiger partial charge in [0.25, 0.3) is 5.91 Å². The third-order valence-electron chi connectivity index (χ3n) is 5.99. The Labute approximate surface area is 187 Å². The third-order valence-corrected chi connectivity index (χ3v) is 5.99. The minimum absolute atomic E-state index is 0.188. The molecule has 1 saturated carbocycles. The highest BCUT2D eigenvalue weighted by Crippen LogP contribution is 2.42. The Morgan fingerprint density at radius 2 is 1.72 bits per heavy atom. The van der Waals surface area contributed by atoms with Gasteiger partial charge in [-0.05, 0) is 60.4 Å². The van der Waals surface area contributed by atoms with E-state index in [1.54, 1.807) is 30.7 Å². The fourth-order valence-electron chi connectivity index (χ4n) is 4.27. The van der Waals surface area contributed by atoms with Gasteiger partial charge in [0.1, 0.15) is 5.82 Å². The maximum absolute atomic E-state index is 12.9. The van der Waals surface area contributed by atoms with Gasteiger partial charge in [-0.2, -0.15) is 0 Å². The monoisotopic (exact) mass is 430 g/mol. The molecule has 1 fully saturated rings. The van der Waals surface area contributed by atoms with Gasteiger partial charge in [-0.15, -0.1) is 0 Å². The molecule has 0 aliphatic heterocycles. The van der Waals surface area contributed by atoms with Crippen LogP contribution in [-0.2, 0) is 21.5 Å². The van der Waals surface area contributed by atoms with Crippen LogP contribution in [0.15, 0.2) is 67.1 Å². The van der Waals surface area contributed by atoms with Gasteiger partial charge in [0.2, 0.25) is 0 Å². The zero-order valence-corrected chi connectivity index (χ0v) is 18.0. The molecule has 7 heteroatoms. The summed E-state index contributed by atoms with van der Waals surface area (Å²) in [6.07, 6.45) is 8.68. The van der Waals surface area contributed by atoms with E-state index < -0.39 is 5.41 Å². The van der Waals surface area contributed by atoms with E-state index in [-0.39, 0.29) is 11.9 Å². The number of benzene rings is 1. The van der Waals surface area contributed by atoms with E-state index in [1.165, 1.54) is 7.11 Å². The van der Waals surface area contributed by atoms with Gasteiger partial charge in [-0.25, -0.2) is 4.98 Å². The smallest absolute Gasteiger partial charge is 0.316 e. The first-order valence-electron chi connectivity index (χ1n) is 10.7. The molecule has 0 radical (unpaired) electrons. The van der Waals surface area contributed by atoms with Crippen molar-refractivity contribution < 1.29 is 14.3 Å². The maximum Gasteiger partial charge on any atom is 0.316 e. The van der Waals surface area contributed by atoms with E-state index in [0.717, 1.165) is 36.8 Å². The number of pyridine rings is 2. The molecule has 0 bridgehead atoms. The summed E-state index contributed by atoms with van der Waals surface area (Å²) in [5.74, 6) is 0.0627. The summed E-state index contributed by atoms with van der Waals surface area (Å²) in [4.78, 5) is 33.7. The van der Waals surface area contributed by atoms with Crippen LogP contribution in [0.2, 0.25) is 0 Å². The Balaban J connectivity index is 1.47. The number of nitrogens with one attached hydrogen (secondary N) is 2. The standard InChI is InChI=1S/C25H26N4O3/c1-32-24(31)25(12-2-3-13-25)19-6-8-20(9-7-19)29-23(30)21-5-4-14-27-22(21)28-17-18-10-15-26-16-11-18/h4-11,14-16H,2-3,12-13,17H2,1H3,(H,27,28)(H,29,30). The molecule has 2 N–H and O–H groups in total. The molecule has 1 aliphatic rings. The molecule has 0 unspecified atom stereocenters. The summed E-state index contributed by atoms with van der Waals surface area (Å²) < 4.78 is 5.09. The minimum Gasteiger partial charge on any atom is -0.468 e. The average Bonchev–Trinajstić information content (AvgIpc) is 3.35. The van der Waals surface area contributed by atoms with Crippen LogP contribution >= 0.6 is 0 Å². The van der Waals surface area contributed by atoms with Gasteiger partial charge in [-0.3, -0.25) is 14.6 Å². The molecule has 2 heterocycles. The summed E-state index contributed by atoms with van der Waals surface area (Å²) >= 11 is 0. The Bertz CT molecular complexity index is 1080. The van der Waals surface area contributed by atoms with Crippen molar-refractivity contribution in [2.75, 3.05) is 17.7 Å². The summed E-state index contributed by atoms with van der Waals surface area (Å²) in [6, 6.07) is 14.7. The molecule has 3 aromatic rings. The van der Waals surface area contributed by atoms with Crippen LogP contribution < -0.4 is 10.6 Å². The second-order valence-corrected chi connectivity index (χ2v) is 7.92. The first kappa shape index (κ1) is 21.5. The molecule has 1 amide bonds. The summed E-state index contributed by atoms with van der Waals surface area (Å²) in [5, 5.41) is 6.14. The minimum atomic E-state index is -0.579. The fourth-order valence-corrected chi connectivity index (χ4v) is 4.27. The number of carbonyl (C=O) groups excluding carboxylic acids is 2. The highest BCUT2D eigenvalue weighted by Gasteiger charge is 2.43. The zero-order valence-electron chi connectivity index (χ0n) is 18.0. The highest BCUT2D eigenvalue weighted by atomic mass is 16.5. The lowest BCUT2D eigenvalue weighted by atomic mass is 9.79. The van der Waals surface area contributed by atoms with Gasteiger partial charge in [0.05, 0.1) is 18.1 Å². The Morgan fingerprint density at radius 3 is 2.41 bits per heavy atom. The lowest BCUT2D eigenvalue weighted by molar-refractivity contribution is -0.147. The number of rotatable bonds is 7. The second-order valence-electron chi connectivity index (χ2n) is 7.92. The Morgan fingerprint density at radius 1 is 1.00 bits per heavy atom. The van der Waals surface area contributed by atoms with Crippen molar-refractivity contribution in [1.29, 1.82) is 0 Å². The number of anilines is 2. The van der Waals surface area contributed by atoms with E-state index in [0.29, 0.717) is 23.6 Å². The van der Waals surface area contributed by atoms with E-state index >= 15 is 0 Å². The number of nitrogens with zero attached hydrogens (tertiary/aromatic N) is 2. The average molecular weight is 431 g/mol. The quantitative estimate of drug-likeness (QED) is 0.542. The van der Waals surface area contributed by atoms with Gasteiger partial charge >= 0.3 is 5.97 Å². The Hall–Kier alpha value is -3.74. The molecule has 164 valence electrons. The van der Waals surface area contributed by atoms with Gasteiger partial charge < -0.3 is 15.4 Å². The summed E-state index contributed by atoms with van der Waals surface area (Å²) in [6.45, 7) is 0.532. The lowest BCUT2D eigenvalue weighted by Gasteiger charge is -2.26. The largest absolute Gasteiger partial charge is 0.468 e. The van der Waals surface area contributed by atoms with Crippen LogP contribution in [0.25, 0.3) is 0 Å². The van der Waals surface area contributed by atoms with Crippen LogP contribution in [0.4, 0.5) is 11.5 Å². The molecular formula is C25H26N4O3. The lowest BCUT2D eigenvalue weighted by Crippen LogP contribution is -2.34. The number of aromatic nitrogens is 2. The van der Waals surface area contributed by atoms with Crippen molar-refractivity contribution in [2.45, 2.75) is 37.6 Å². The van der Waals surface area contributed by atoms with Crippen LogP contribution in [0.5, 0.6) is 0 Å². The van der Waals surface area contributed by atoms with Gasteiger partial charge in [-0.1, -0.05) is 25.0 Å². The van der Waals surface area contributed by atoms with Crippen molar-refractivity contribution in [3.05, 3.63) is 83.8 Å². The molecule has 0 atom stereocenters. The highest BCUT2D eigenvalue weighted by molar-refractivity contribution is 6.07. The van der Waals surface area contributed by atoms with Crippen LogP contribution in [0.3, 0.4) is 0 Å². The van der Waals surface area contributed by atoms with Crippen LogP contribution in [0, 0.1) is 0 Å². The molecule has 2 aromatic heterocycles. The number of carbonyl (C=O) groups is 2. The van der Waals surface area contributed by atoms with E-state index in [2.05, 4.69) is 20.6 Å². The van der Waals surface area contributed by atoms with E-state index in [9.17, 15) is 9.59 Å². The summed E-state index contributed by atoms with van der Waals surface area (Å²) in [7, 11) is 1.44. The number of amides is 1. The molecule has 4 rings (SSSR count). The predicted molar refractivity (Wildman–Crippen MR) is 122 cm³/mol. The number of ether oxygens (including phenoxy) is 1. The van der Waals surface area contributed by atoms with Crippen molar-refractivity contribution in [3.8, 4) is 0 Å². The topological polar surface area (TPSA) is 93.2 Å². The van der Waals surface area contributed by atoms with E-state index in [1.807, 2.05) is 36.4 Å². The van der Waals surface area contributed by atoms with Crippen molar-refractivity contribution in [1.82, 2.24) is 9.97 Å². The predicted octanol–water partition coefficient (Wildman–Crippen LogP) is 4.33. The fraction of sp³-hybridized carbons (Fsp3) is 0.280. The number of methoxy groups -OCH3 is 1. The molecule has 32 heavy (non-hydrogen) atoms. The molecule has 1 aromatic carbocycles. The normalized spacial score (nSPS) is 14.5. The first-order chi connectivity index (χ1) is 15.6. The Kier molecular flexibility index (Phi) is 6.44. The van der Waals surface area contributed by atoms with Crippen molar-refractivity contribution >= 4 is 23.4 Å². The maximum atomic E-state index is 12.9. The number of hydrogen-bond donors (Lipinski definition) is 2. The van der Waals surface area contributed by atoms with Gasteiger partial charge in [0, 0.05) is 30.8 Å². The summed E-state index contributed by atoms with van der Waals surface area (Å²) in [5.41, 5.74) is 2.50. The van der Waals surface area contributed by atoms with Crippen molar-refractivity contribution in [3.63, 3.8) is 0 Å². The SMILES string of the molecule is COC(=O)C1(c2ccc(NC(=O)c3cccnc3NCc3ccncc3)cc2)CCCC1. The first-order valence-corrected chi connectivity index (χ1v) is 10.7. The van der Waals surface area contributed by atoms with Crippen molar-refractivity contribution in [2.24, 2.45) is 0 Å². The number of esters is 1. The third kappa shape index (κ3) is 4.46. The van der Waals surface area contributed by atoms with E-state index in [4.69, 9.17) is 4.74 Å². The molecule has 7 nitrogen and oxygen atoms in total. The molecule has 0 spiro atoms. The molecule has 1 aliphatic carbocycles. The molecular weight excluding hydrogens is 404 g/mol. The molecule has 0 saturated heterocycles. The zero-order chi connectivity index (χ0) is 22.4. The van der Waals surface area contributed by atoms with Gasteiger partial charge in [0.15, 0.2) is 0 Å². The van der Waals surface area contributed by atoms with Crippen LogP contribution in [-0.4, -0.2) is 29.0 Å². The number of hydrogen-bond acceptors (Lipinski definition) is 6. The van der Waals surface area contributed by atoms with Crippen LogP contribution in [0.1, 0.15) is 47.2 Å². The second kappa shape index (κ2) is 9.60.